The average Bonchev–Trinajstić information content (AvgIpc) is 3.52. The number of nitrogens with zero attached hydrogens (tertiary/aromatic N) is 1. The van der Waals surface area contributed by atoms with Gasteiger partial charge in [0.1, 0.15) is 0 Å². The van der Waals surface area contributed by atoms with Crippen molar-refractivity contribution in [2.45, 2.75) is 19.3 Å². The minimum absolute atomic E-state index is 0.0464. The molecule has 10 aromatic carbocycles. The summed E-state index contributed by atoms with van der Waals surface area (Å²) in [5.74, 6) is 0. The Morgan fingerprint density at radius 3 is 1.72 bits per heavy atom. The molecule has 11 rings (SSSR count). The lowest BCUT2D eigenvalue weighted by Crippen LogP contribution is -2.14. The normalized spacial score (nSPS) is 12.8. The molecule has 274 valence electrons. The van der Waals surface area contributed by atoms with Gasteiger partial charge in [-0.3, -0.25) is 0 Å². The van der Waals surface area contributed by atoms with E-state index in [2.05, 4.69) is 231 Å². The van der Waals surface area contributed by atoms with Gasteiger partial charge in [-0.05, 0) is 125 Å². The lowest BCUT2D eigenvalue weighted by atomic mass is 9.81. The molecule has 1 nitrogen and oxygen atoms in total. The van der Waals surface area contributed by atoms with Gasteiger partial charge in [0.2, 0.25) is 0 Å². The quantitative estimate of drug-likeness (QED) is 0.154. The van der Waals surface area contributed by atoms with Crippen molar-refractivity contribution in [3.8, 4) is 44.5 Å². The molecule has 0 unspecified atom stereocenters. The van der Waals surface area contributed by atoms with Crippen molar-refractivity contribution in [1.29, 1.82) is 0 Å². The van der Waals surface area contributed by atoms with E-state index in [0.717, 1.165) is 17.1 Å². The van der Waals surface area contributed by atoms with Gasteiger partial charge in [0.25, 0.3) is 0 Å². The highest BCUT2D eigenvalue weighted by Gasteiger charge is 2.35. The molecule has 0 heterocycles. The summed E-state index contributed by atoms with van der Waals surface area (Å²) in [6.45, 7) is 4.70. The van der Waals surface area contributed by atoms with E-state index in [9.17, 15) is 0 Å². The summed E-state index contributed by atoms with van der Waals surface area (Å²) in [6, 6.07) is 78.2. The SMILES string of the molecule is CC1(C)c2ccccc2-c2ccc(-c3ccc(N(c4cccc(-c5cccc(-c6cccc7ccccc67)c5)c4)c4cc5ccccc5c5ccccc45)cc3)cc21. The summed E-state index contributed by atoms with van der Waals surface area (Å²) in [7, 11) is 0. The number of hydrogen-bond donors (Lipinski definition) is 0. The van der Waals surface area contributed by atoms with E-state index in [0.29, 0.717) is 0 Å². The zero-order valence-electron chi connectivity index (χ0n) is 32.7. The number of hydrogen-bond acceptors (Lipinski definition) is 1. The molecule has 1 aliphatic rings. The van der Waals surface area contributed by atoms with Crippen LogP contribution in [0, 0.1) is 0 Å². The van der Waals surface area contributed by atoms with Crippen LogP contribution in [0.2, 0.25) is 0 Å². The highest BCUT2D eigenvalue weighted by atomic mass is 15.1. The van der Waals surface area contributed by atoms with Crippen LogP contribution in [-0.4, -0.2) is 0 Å². The molecule has 58 heavy (non-hydrogen) atoms. The van der Waals surface area contributed by atoms with Crippen LogP contribution >= 0.6 is 0 Å². The zero-order chi connectivity index (χ0) is 38.8. The molecule has 0 spiro atoms. The van der Waals surface area contributed by atoms with E-state index in [4.69, 9.17) is 0 Å². The fourth-order valence-corrected chi connectivity index (χ4v) is 9.50. The molecule has 0 radical (unpaired) electrons. The molecule has 0 aliphatic heterocycles. The molecule has 0 fully saturated rings. The molecule has 0 N–H and O–H groups in total. The first-order valence-corrected chi connectivity index (χ1v) is 20.3. The van der Waals surface area contributed by atoms with Crippen LogP contribution in [0.3, 0.4) is 0 Å². The van der Waals surface area contributed by atoms with Gasteiger partial charge in [-0.1, -0.05) is 184 Å². The van der Waals surface area contributed by atoms with E-state index < -0.39 is 0 Å². The van der Waals surface area contributed by atoms with Crippen molar-refractivity contribution >= 4 is 49.4 Å². The molecule has 10 aromatic rings. The van der Waals surface area contributed by atoms with Crippen molar-refractivity contribution in [3.05, 3.63) is 223 Å². The Kier molecular flexibility index (Phi) is 7.91. The summed E-state index contributed by atoms with van der Waals surface area (Å²) >= 11 is 0. The molecule has 0 amide bonds. The molecule has 1 heteroatoms. The second kappa shape index (κ2) is 13.5. The van der Waals surface area contributed by atoms with Crippen LogP contribution in [0.1, 0.15) is 25.0 Å². The number of fused-ring (bicyclic) bond motifs is 7. The van der Waals surface area contributed by atoms with Crippen LogP contribution in [0.4, 0.5) is 17.1 Å². The largest absolute Gasteiger partial charge is 0.310 e. The molecular formula is C57H41N. The van der Waals surface area contributed by atoms with E-state index in [-0.39, 0.29) is 5.41 Å². The van der Waals surface area contributed by atoms with Crippen LogP contribution < -0.4 is 4.90 Å². The third-order valence-electron chi connectivity index (χ3n) is 12.4. The third kappa shape index (κ3) is 5.54. The van der Waals surface area contributed by atoms with Crippen molar-refractivity contribution < 1.29 is 0 Å². The summed E-state index contributed by atoms with van der Waals surface area (Å²) in [6.07, 6.45) is 0. The van der Waals surface area contributed by atoms with Gasteiger partial charge in [0, 0.05) is 22.2 Å². The Hall–Kier alpha value is -7.22. The minimum Gasteiger partial charge on any atom is -0.310 e. The molecule has 0 aromatic heterocycles. The third-order valence-corrected chi connectivity index (χ3v) is 12.4. The first-order chi connectivity index (χ1) is 28.5. The van der Waals surface area contributed by atoms with Crippen LogP contribution in [-0.2, 0) is 5.41 Å². The van der Waals surface area contributed by atoms with Gasteiger partial charge in [-0.2, -0.15) is 0 Å². The highest BCUT2D eigenvalue weighted by Crippen LogP contribution is 2.50. The van der Waals surface area contributed by atoms with Crippen molar-refractivity contribution in [2.75, 3.05) is 4.90 Å². The monoisotopic (exact) mass is 739 g/mol. The zero-order valence-corrected chi connectivity index (χ0v) is 32.7. The van der Waals surface area contributed by atoms with Crippen molar-refractivity contribution in [1.82, 2.24) is 0 Å². The van der Waals surface area contributed by atoms with Crippen LogP contribution in [0.25, 0.3) is 76.8 Å². The molecule has 0 saturated heterocycles. The molecule has 0 atom stereocenters. The van der Waals surface area contributed by atoms with Gasteiger partial charge < -0.3 is 4.90 Å². The lowest BCUT2D eigenvalue weighted by Gasteiger charge is -2.28. The van der Waals surface area contributed by atoms with Crippen LogP contribution in [0.5, 0.6) is 0 Å². The molecular weight excluding hydrogens is 699 g/mol. The van der Waals surface area contributed by atoms with Gasteiger partial charge in [0.15, 0.2) is 0 Å². The van der Waals surface area contributed by atoms with E-state index in [1.165, 1.54) is 88.0 Å². The minimum atomic E-state index is -0.0464. The van der Waals surface area contributed by atoms with Crippen LogP contribution in [0.15, 0.2) is 212 Å². The fourth-order valence-electron chi connectivity index (χ4n) is 9.50. The first-order valence-electron chi connectivity index (χ1n) is 20.3. The Labute approximate surface area is 340 Å². The number of rotatable bonds is 6. The standard InChI is InChI=1S/C57H41N/c1-57(2)54-27-10-9-24-51(54)52-33-30-42(36-55(52)57)38-28-31-45(32-29-38)58(56-37-44-15-4-6-22-49(44)50-23-7-8-25-53(50)56)46-20-12-18-41(35-46)40-17-11-19-43(34-40)48-26-13-16-39-14-3-5-21-47(39)48/h3-37H,1-2H3. The smallest absolute Gasteiger partial charge is 0.0546 e. The second-order valence-electron chi connectivity index (χ2n) is 16.1. The predicted molar refractivity (Wildman–Crippen MR) is 248 cm³/mol. The maximum atomic E-state index is 2.44. The summed E-state index contributed by atoms with van der Waals surface area (Å²) < 4.78 is 0. The predicted octanol–water partition coefficient (Wildman–Crippen LogP) is 15.9. The first kappa shape index (κ1) is 34.1. The Bertz CT molecular complexity index is 3200. The molecule has 1 aliphatic carbocycles. The van der Waals surface area contributed by atoms with Gasteiger partial charge in [0.05, 0.1) is 5.69 Å². The van der Waals surface area contributed by atoms with E-state index in [1.807, 2.05) is 0 Å². The average molecular weight is 740 g/mol. The van der Waals surface area contributed by atoms with Gasteiger partial charge >= 0.3 is 0 Å². The Morgan fingerprint density at radius 2 is 0.879 bits per heavy atom. The number of benzene rings is 10. The van der Waals surface area contributed by atoms with Gasteiger partial charge in [-0.25, -0.2) is 0 Å². The Morgan fingerprint density at radius 1 is 0.310 bits per heavy atom. The van der Waals surface area contributed by atoms with Crippen molar-refractivity contribution in [2.24, 2.45) is 0 Å². The maximum absolute atomic E-state index is 2.44. The maximum Gasteiger partial charge on any atom is 0.0546 e. The van der Waals surface area contributed by atoms with Gasteiger partial charge in [-0.15, -0.1) is 0 Å². The highest BCUT2D eigenvalue weighted by molar-refractivity contribution is 6.14. The fraction of sp³-hybridized carbons (Fsp3) is 0.0526. The summed E-state index contributed by atoms with van der Waals surface area (Å²) in [5, 5.41) is 7.47. The Balaban J connectivity index is 1.04. The van der Waals surface area contributed by atoms with E-state index >= 15 is 0 Å². The summed E-state index contributed by atoms with van der Waals surface area (Å²) in [4.78, 5) is 2.44. The number of anilines is 3. The molecule has 0 saturated carbocycles. The lowest BCUT2D eigenvalue weighted by molar-refractivity contribution is 0.660. The van der Waals surface area contributed by atoms with Crippen molar-refractivity contribution in [3.63, 3.8) is 0 Å². The molecule has 0 bridgehead atoms. The summed E-state index contributed by atoms with van der Waals surface area (Å²) in [5.41, 5.74) is 16.1. The topological polar surface area (TPSA) is 3.24 Å². The van der Waals surface area contributed by atoms with E-state index in [1.54, 1.807) is 0 Å². The second-order valence-corrected chi connectivity index (χ2v) is 16.1.